The number of aryl methyl sites for hydroxylation is 1. The molecular weight excluding hydrogens is 363 g/mol. The van der Waals surface area contributed by atoms with Crippen LogP contribution in [-0.4, -0.2) is 23.8 Å². The van der Waals surface area contributed by atoms with Crippen LogP contribution in [0.2, 0.25) is 0 Å². The molecule has 138 valence electrons. The monoisotopic (exact) mass is 381 g/mol. The topological polar surface area (TPSA) is 53.8 Å². The van der Waals surface area contributed by atoms with Gasteiger partial charge in [-0.2, -0.15) is 13.2 Å². The van der Waals surface area contributed by atoms with Gasteiger partial charge in [-0.3, -0.25) is 0 Å². The molecule has 2 aromatic heterocycles. The minimum Gasteiger partial charge on any atom is -0.611 e. The van der Waals surface area contributed by atoms with Crippen molar-refractivity contribution in [3.63, 3.8) is 0 Å². The van der Waals surface area contributed by atoms with Crippen LogP contribution in [0.5, 0.6) is 0 Å². The molecule has 0 aliphatic heterocycles. The Kier molecular flexibility index (Phi) is 4.52. The lowest BCUT2D eigenvalue weighted by molar-refractivity contribution is -0.137. The zero-order valence-electron chi connectivity index (χ0n) is 14.8. The van der Waals surface area contributed by atoms with Gasteiger partial charge in [0, 0.05) is 13.2 Å². The lowest BCUT2D eigenvalue weighted by Crippen LogP contribution is -2.28. The van der Waals surface area contributed by atoms with Crippen LogP contribution in [0.1, 0.15) is 26.3 Å². The Morgan fingerprint density at radius 2 is 1.77 bits per heavy atom. The molecule has 0 radical (unpaired) electrons. The Bertz CT molecular complexity index is 960. The standard InChI is InChI=1S/C18H18F3N3OS/c1-17(2,3)26(25)14-8-6-5-7-12(14)15-23-13-9-11(18(19,20)21)10-22-16(13)24(15)4/h5-10H,1-4H3. The Morgan fingerprint density at radius 3 is 2.38 bits per heavy atom. The maximum Gasteiger partial charge on any atom is 0.417 e. The lowest BCUT2D eigenvalue weighted by atomic mass is 10.2. The minimum absolute atomic E-state index is 0.147. The molecule has 0 saturated carbocycles. The fourth-order valence-corrected chi connectivity index (χ4v) is 3.84. The van der Waals surface area contributed by atoms with E-state index in [2.05, 4.69) is 9.97 Å². The average molecular weight is 381 g/mol. The first kappa shape index (κ1) is 18.7. The van der Waals surface area contributed by atoms with Crippen molar-refractivity contribution in [2.24, 2.45) is 7.05 Å². The van der Waals surface area contributed by atoms with Crippen LogP contribution in [0.15, 0.2) is 41.4 Å². The van der Waals surface area contributed by atoms with Crippen LogP contribution < -0.4 is 0 Å². The van der Waals surface area contributed by atoms with E-state index in [1.54, 1.807) is 35.9 Å². The van der Waals surface area contributed by atoms with Crippen molar-refractivity contribution in [3.8, 4) is 11.4 Å². The molecule has 1 aromatic carbocycles. The van der Waals surface area contributed by atoms with E-state index in [-0.39, 0.29) is 5.52 Å². The number of nitrogens with zero attached hydrogens (tertiary/aromatic N) is 3. The molecule has 1 unspecified atom stereocenters. The maximum absolute atomic E-state index is 12.9. The molecule has 0 spiro atoms. The van der Waals surface area contributed by atoms with Crippen molar-refractivity contribution >= 4 is 22.3 Å². The second kappa shape index (κ2) is 6.28. The second-order valence-corrected chi connectivity index (χ2v) is 9.14. The van der Waals surface area contributed by atoms with Crippen LogP contribution in [0.25, 0.3) is 22.6 Å². The minimum atomic E-state index is -4.48. The fraction of sp³-hybridized carbons (Fsp3) is 0.333. The van der Waals surface area contributed by atoms with Gasteiger partial charge in [-0.25, -0.2) is 9.97 Å². The van der Waals surface area contributed by atoms with E-state index in [0.29, 0.717) is 21.9 Å². The smallest absolute Gasteiger partial charge is 0.417 e. The molecule has 4 nitrogen and oxygen atoms in total. The lowest BCUT2D eigenvalue weighted by Gasteiger charge is -2.25. The Hall–Kier alpha value is -2.06. The number of aromatic nitrogens is 3. The average Bonchev–Trinajstić information content (AvgIpc) is 2.89. The highest BCUT2D eigenvalue weighted by atomic mass is 32.2. The van der Waals surface area contributed by atoms with Crippen molar-refractivity contribution in [1.29, 1.82) is 0 Å². The second-order valence-electron chi connectivity index (χ2n) is 6.94. The number of benzene rings is 1. The number of halogens is 3. The van der Waals surface area contributed by atoms with E-state index in [1.165, 1.54) is 0 Å². The molecular formula is C18H18F3N3OS. The van der Waals surface area contributed by atoms with Crippen molar-refractivity contribution in [3.05, 3.63) is 42.1 Å². The zero-order valence-corrected chi connectivity index (χ0v) is 15.6. The number of hydrogen-bond donors (Lipinski definition) is 0. The highest BCUT2D eigenvalue weighted by Gasteiger charge is 2.33. The summed E-state index contributed by atoms with van der Waals surface area (Å²) in [6.07, 6.45) is -3.68. The summed E-state index contributed by atoms with van der Waals surface area (Å²) in [7, 11) is 1.68. The Labute approximate surface area is 152 Å². The van der Waals surface area contributed by atoms with Gasteiger partial charge in [-0.05, 0) is 50.1 Å². The molecule has 0 N–H and O–H groups in total. The summed E-state index contributed by atoms with van der Waals surface area (Å²) in [5, 5.41) is 0. The van der Waals surface area contributed by atoms with Gasteiger partial charge in [0.05, 0.1) is 11.1 Å². The van der Waals surface area contributed by atoms with E-state index in [9.17, 15) is 17.7 Å². The Morgan fingerprint density at radius 1 is 1.12 bits per heavy atom. The number of alkyl halides is 3. The number of pyridine rings is 1. The predicted octanol–water partition coefficient (Wildman–Crippen LogP) is 4.56. The van der Waals surface area contributed by atoms with Crippen molar-refractivity contribution in [1.82, 2.24) is 14.5 Å². The van der Waals surface area contributed by atoms with Crippen molar-refractivity contribution < 1.29 is 17.7 Å². The Balaban J connectivity index is 2.20. The van der Waals surface area contributed by atoms with Crippen molar-refractivity contribution in [2.45, 2.75) is 36.6 Å². The molecule has 0 aliphatic carbocycles. The number of fused-ring (bicyclic) bond motifs is 1. The molecule has 0 fully saturated rings. The first-order chi connectivity index (χ1) is 12.0. The van der Waals surface area contributed by atoms with Gasteiger partial charge in [0.25, 0.3) is 0 Å². The van der Waals surface area contributed by atoms with Gasteiger partial charge >= 0.3 is 6.18 Å². The predicted molar refractivity (Wildman–Crippen MR) is 95.1 cm³/mol. The van der Waals surface area contributed by atoms with Gasteiger partial charge in [0.15, 0.2) is 10.5 Å². The van der Waals surface area contributed by atoms with Gasteiger partial charge in [0.1, 0.15) is 16.1 Å². The molecule has 0 amide bonds. The molecule has 0 aliphatic rings. The normalized spacial score (nSPS) is 14.0. The summed E-state index contributed by atoms with van der Waals surface area (Å²) in [6, 6.07) is 8.07. The number of rotatable bonds is 2. The quantitative estimate of drug-likeness (QED) is 0.612. The summed E-state index contributed by atoms with van der Waals surface area (Å²) in [5.41, 5.74) is 0.258. The first-order valence-electron chi connectivity index (χ1n) is 7.91. The van der Waals surface area contributed by atoms with E-state index in [0.717, 1.165) is 12.3 Å². The first-order valence-corrected chi connectivity index (χ1v) is 9.06. The summed E-state index contributed by atoms with van der Waals surface area (Å²) in [6.45, 7) is 5.60. The third-order valence-electron chi connectivity index (χ3n) is 3.92. The van der Waals surface area contributed by atoms with E-state index in [4.69, 9.17) is 0 Å². The largest absolute Gasteiger partial charge is 0.611 e. The van der Waals surface area contributed by atoms with E-state index >= 15 is 0 Å². The van der Waals surface area contributed by atoms with Crippen LogP contribution >= 0.6 is 0 Å². The van der Waals surface area contributed by atoms with Crippen molar-refractivity contribution in [2.75, 3.05) is 0 Å². The molecule has 2 heterocycles. The summed E-state index contributed by atoms with van der Waals surface area (Å²) >= 11 is -1.31. The maximum atomic E-state index is 12.9. The number of imidazole rings is 1. The third-order valence-corrected chi connectivity index (χ3v) is 5.79. The zero-order chi connectivity index (χ0) is 19.3. The van der Waals surface area contributed by atoms with Gasteiger partial charge in [-0.1, -0.05) is 12.1 Å². The van der Waals surface area contributed by atoms with E-state index in [1.807, 2.05) is 20.8 Å². The third kappa shape index (κ3) is 3.31. The summed E-state index contributed by atoms with van der Waals surface area (Å²) < 4.78 is 52.8. The molecule has 3 rings (SSSR count). The number of hydrogen-bond acceptors (Lipinski definition) is 3. The van der Waals surface area contributed by atoms with E-state index < -0.39 is 27.7 Å². The SMILES string of the molecule is Cn1c(-c2ccccc2[S+]([O-])C(C)(C)C)nc2cc(C(F)(F)F)cnc21. The summed E-state index contributed by atoms with van der Waals surface area (Å²) in [4.78, 5) is 8.86. The van der Waals surface area contributed by atoms with Gasteiger partial charge < -0.3 is 9.12 Å². The van der Waals surface area contributed by atoms with Gasteiger partial charge in [-0.15, -0.1) is 0 Å². The van der Waals surface area contributed by atoms with Crippen LogP contribution in [0, 0.1) is 0 Å². The van der Waals surface area contributed by atoms with Crippen LogP contribution in [0.4, 0.5) is 13.2 Å². The molecule has 3 aromatic rings. The molecule has 1 atom stereocenters. The fourth-order valence-electron chi connectivity index (χ4n) is 2.61. The highest BCUT2D eigenvalue weighted by molar-refractivity contribution is 7.92. The highest BCUT2D eigenvalue weighted by Crippen LogP contribution is 2.35. The molecule has 26 heavy (non-hydrogen) atoms. The molecule has 8 heteroatoms. The summed E-state index contributed by atoms with van der Waals surface area (Å²) in [5.74, 6) is 0.431. The van der Waals surface area contributed by atoms with Crippen LogP contribution in [-0.2, 0) is 24.4 Å². The molecule has 0 saturated heterocycles. The van der Waals surface area contributed by atoms with Crippen LogP contribution in [0.3, 0.4) is 0 Å². The van der Waals surface area contributed by atoms with Gasteiger partial charge in [0.2, 0.25) is 0 Å². The molecule has 0 bridgehead atoms.